The molecule has 0 N–H and O–H groups in total. The molecule has 1 heterocycles. The number of halogens is 1. The number of benzene rings is 1. The monoisotopic (exact) mass is 270 g/mol. The summed E-state index contributed by atoms with van der Waals surface area (Å²) in [5.41, 5.74) is 1.63. The van der Waals surface area contributed by atoms with E-state index < -0.39 is 0 Å². The molecule has 1 aliphatic heterocycles. The van der Waals surface area contributed by atoms with E-state index in [2.05, 4.69) is 15.9 Å². The largest absolute Gasteiger partial charge is 0.453 e. The van der Waals surface area contributed by atoms with E-state index in [0.29, 0.717) is 17.1 Å². The Labute approximate surface area is 96.5 Å². The minimum atomic E-state index is 0.0471. The van der Waals surface area contributed by atoms with Gasteiger partial charge in [0.05, 0.1) is 4.47 Å². The molecule has 0 radical (unpaired) electrons. The summed E-state index contributed by atoms with van der Waals surface area (Å²) in [6.45, 7) is 3.78. The number of rotatable bonds is 2. The number of carbonyl (C=O) groups excluding carboxylic acids is 1. The predicted molar refractivity (Wildman–Crippen MR) is 59.6 cm³/mol. The average molecular weight is 271 g/mol. The molecule has 0 atom stereocenters. The van der Waals surface area contributed by atoms with Gasteiger partial charge in [-0.05, 0) is 35.3 Å². The Morgan fingerprint density at radius 1 is 1.47 bits per heavy atom. The fourth-order valence-corrected chi connectivity index (χ4v) is 2.27. The Morgan fingerprint density at radius 3 is 2.73 bits per heavy atom. The first-order chi connectivity index (χ1) is 7.15. The zero-order valence-corrected chi connectivity index (χ0v) is 10.2. The van der Waals surface area contributed by atoms with Crippen molar-refractivity contribution in [3.8, 4) is 11.5 Å². The second-order valence-corrected chi connectivity index (χ2v) is 4.21. The highest BCUT2D eigenvalue weighted by molar-refractivity contribution is 9.10. The van der Waals surface area contributed by atoms with Gasteiger partial charge in [-0.25, -0.2) is 0 Å². The third-order valence-electron chi connectivity index (χ3n) is 2.43. The van der Waals surface area contributed by atoms with Crippen LogP contribution in [0, 0.1) is 0 Å². The molecule has 15 heavy (non-hydrogen) atoms. The van der Waals surface area contributed by atoms with E-state index in [1.165, 1.54) is 0 Å². The molecule has 0 aromatic heterocycles. The molecule has 0 amide bonds. The van der Waals surface area contributed by atoms with Crippen molar-refractivity contribution in [3.05, 3.63) is 21.7 Å². The molecule has 0 bridgehead atoms. The molecule has 2 rings (SSSR count). The van der Waals surface area contributed by atoms with Crippen LogP contribution in [0.3, 0.4) is 0 Å². The number of carbonyl (C=O) groups is 1. The number of Topliss-reactive ketones (excluding diaryl/α,β-unsaturated/α-hetero) is 1. The van der Waals surface area contributed by atoms with Crippen molar-refractivity contribution >= 4 is 21.7 Å². The van der Waals surface area contributed by atoms with Crippen LogP contribution in [0.25, 0.3) is 0 Å². The van der Waals surface area contributed by atoms with E-state index in [-0.39, 0.29) is 12.6 Å². The summed E-state index contributed by atoms with van der Waals surface area (Å²) in [5, 5.41) is 0. The maximum atomic E-state index is 11.5. The molecule has 3 nitrogen and oxygen atoms in total. The SMILES string of the molecule is CCc1c(C(C)=O)cc(Br)c2c1OCO2. The Bertz CT molecular complexity index is 426. The molecule has 0 saturated heterocycles. The summed E-state index contributed by atoms with van der Waals surface area (Å²) < 4.78 is 11.5. The third kappa shape index (κ3) is 1.63. The molecule has 1 aromatic rings. The molecular weight excluding hydrogens is 260 g/mol. The van der Waals surface area contributed by atoms with Crippen LogP contribution in [0.4, 0.5) is 0 Å². The van der Waals surface area contributed by atoms with Gasteiger partial charge < -0.3 is 9.47 Å². The zero-order valence-electron chi connectivity index (χ0n) is 8.59. The first-order valence-corrected chi connectivity index (χ1v) is 5.56. The van der Waals surface area contributed by atoms with Crippen LogP contribution in [-0.2, 0) is 6.42 Å². The van der Waals surface area contributed by atoms with E-state index >= 15 is 0 Å². The second-order valence-electron chi connectivity index (χ2n) is 3.36. The van der Waals surface area contributed by atoms with E-state index in [1.54, 1.807) is 13.0 Å². The van der Waals surface area contributed by atoms with E-state index in [1.807, 2.05) is 6.92 Å². The molecule has 0 saturated carbocycles. The lowest BCUT2D eigenvalue weighted by molar-refractivity contribution is 0.101. The van der Waals surface area contributed by atoms with E-state index in [0.717, 1.165) is 16.5 Å². The number of ether oxygens (including phenoxy) is 2. The van der Waals surface area contributed by atoms with Gasteiger partial charge in [-0.3, -0.25) is 4.79 Å². The number of fused-ring (bicyclic) bond motifs is 1. The van der Waals surface area contributed by atoms with Crippen LogP contribution in [0.5, 0.6) is 11.5 Å². The van der Waals surface area contributed by atoms with Gasteiger partial charge in [0.1, 0.15) is 0 Å². The quantitative estimate of drug-likeness (QED) is 0.776. The lowest BCUT2D eigenvalue weighted by atomic mass is 10.0. The molecule has 0 fully saturated rings. The van der Waals surface area contributed by atoms with Crippen LogP contribution in [0.15, 0.2) is 10.5 Å². The molecule has 80 valence electrons. The fraction of sp³-hybridized carbons (Fsp3) is 0.364. The normalized spacial score (nSPS) is 13.0. The van der Waals surface area contributed by atoms with Crippen molar-refractivity contribution in [1.29, 1.82) is 0 Å². The van der Waals surface area contributed by atoms with Crippen LogP contribution in [0.1, 0.15) is 29.8 Å². The van der Waals surface area contributed by atoms with Gasteiger partial charge in [0, 0.05) is 11.1 Å². The predicted octanol–water partition coefficient (Wildman–Crippen LogP) is 2.94. The Morgan fingerprint density at radius 2 is 2.13 bits per heavy atom. The Balaban J connectivity index is 2.68. The first kappa shape index (κ1) is 10.5. The minimum Gasteiger partial charge on any atom is -0.453 e. The van der Waals surface area contributed by atoms with Gasteiger partial charge in [0.15, 0.2) is 17.3 Å². The summed E-state index contributed by atoms with van der Waals surface area (Å²) in [5.74, 6) is 1.46. The lowest BCUT2D eigenvalue weighted by Gasteiger charge is -2.09. The summed E-state index contributed by atoms with van der Waals surface area (Å²) in [6.07, 6.45) is 0.758. The fourth-order valence-electron chi connectivity index (χ4n) is 1.75. The van der Waals surface area contributed by atoms with Gasteiger partial charge in [-0.15, -0.1) is 0 Å². The van der Waals surface area contributed by atoms with Crippen LogP contribution in [0.2, 0.25) is 0 Å². The Hall–Kier alpha value is -1.03. The summed E-state index contributed by atoms with van der Waals surface area (Å²) in [7, 11) is 0. The van der Waals surface area contributed by atoms with Crippen molar-refractivity contribution in [3.63, 3.8) is 0 Å². The first-order valence-electron chi connectivity index (χ1n) is 4.77. The van der Waals surface area contributed by atoms with Crippen LogP contribution >= 0.6 is 15.9 Å². The van der Waals surface area contributed by atoms with Crippen molar-refractivity contribution in [1.82, 2.24) is 0 Å². The smallest absolute Gasteiger partial charge is 0.231 e. The highest BCUT2D eigenvalue weighted by Crippen LogP contribution is 2.43. The van der Waals surface area contributed by atoms with E-state index in [4.69, 9.17) is 9.47 Å². The number of ketones is 1. The highest BCUT2D eigenvalue weighted by atomic mass is 79.9. The summed E-state index contributed by atoms with van der Waals surface area (Å²) in [4.78, 5) is 11.5. The van der Waals surface area contributed by atoms with E-state index in [9.17, 15) is 4.79 Å². The van der Waals surface area contributed by atoms with Gasteiger partial charge >= 0.3 is 0 Å². The van der Waals surface area contributed by atoms with Crippen LogP contribution < -0.4 is 9.47 Å². The van der Waals surface area contributed by atoms with Gasteiger partial charge in [0.25, 0.3) is 0 Å². The molecule has 0 aliphatic carbocycles. The van der Waals surface area contributed by atoms with Crippen molar-refractivity contribution < 1.29 is 14.3 Å². The number of hydrogen-bond donors (Lipinski definition) is 0. The highest BCUT2D eigenvalue weighted by Gasteiger charge is 2.24. The van der Waals surface area contributed by atoms with Crippen molar-refractivity contribution in [2.75, 3.05) is 6.79 Å². The maximum Gasteiger partial charge on any atom is 0.231 e. The second kappa shape index (κ2) is 3.85. The van der Waals surface area contributed by atoms with Gasteiger partial charge in [0.2, 0.25) is 6.79 Å². The molecule has 4 heteroatoms. The summed E-state index contributed by atoms with van der Waals surface area (Å²) >= 11 is 3.37. The zero-order chi connectivity index (χ0) is 11.0. The maximum absolute atomic E-state index is 11.5. The Kier molecular flexibility index (Phi) is 2.69. The third-order valence-corrected chi connectivity index (χ3v) is 3.02. The minimum absolute atomic E-state index is 0.0471. The molecular formula is C11H11BrO3. The summed E-state index contributed by atoms with van der Waals surface area (Å²) in [6, 6.07) is 1.80. The van der Waals surface area contributed by atoms with Gasteiger partial charge in [-0.1, -0.05) is 6.92 Å². The molecule has 0 spiro atoms. The molecule has 1 aliphatic rings. The standard InChI is InChI=1S/C11H11BrO3/c1-3-7-8(6(2)13)4-9(12)11-10(7)14-5-15-11/h4H,3,5H2,1-2H3. The lowest BCUT2D eigenvalue weighted by Crippen LogP contribution is -2.00. The van der Waals surface area contributed by atoms with Crippen molar-refractivity contribution in [2.45, 2.75) is 20.3 Å². The number of hydrogen-bond acceptors (Lipinski definition) is 3. The van der Waals surface area contributed by atoms with Crippen LogP contribution in [-0.4, -0.2) is 12.6 Å². The topological polar surface area (TPSA) is 35.5 Å². The van der Waals surface area contributed by atoms with Gasteiger partial charge in [-0.2, -0.15) is 0 Å². The van der Waals surface area contributed by atoms with Crippen molar-refractivity contribution in [2.24, 2.45) is 0 Å². The molecule has 1 aromatic carbocycles. The molecule has 0 unspecified atom stereocenters. The average Bonchev–Trinajstić information content (AvgIpc) is 2.66.